The maximum atomic E-state index is 6.78. The van der Waals surface area contributed by atoms with E-state index in [1.165, 1.54) is 0 Å². The summed E-state index contributed by atoms with van der Waals surface area (Å²) in [6.45, 7) is 0.892. The van der Waals surface area contributed by atoms with Crippen LogP contribution in [0.1, 0.15) is 49.4 Å². The summed E-state index contributed by atoms with van der Waals surface area (Å²) in [5.41, 5.74) is 11.3. The van der Waals surface area contributed by atoms with Crippen molar-refractivity contribution in [3.05, 3.63) is 60.0 Å². The number of hydrogen-bond acceptors (Lipinski definition) is 8. The SMILES string of the molecule is N[C@@H]1c2ccccc2OC12CC1CC[C@@H](C2)N1c1cnc2c(N3CCCc4ncccc43)n[nH]c2n1. The van der Waals surface area contributed by atoms with Gasteiger partial charge in [-0.3, -0.25) is 10.1 Å². The second-order valence-corrected chi connectivity index (χ2v) is 10.6. The second kappa shape index (κ2) is 7.39. The van der Waals surface area contributed by atoms with Gasteiger partial charge in [0.2, 0.25) is 0 Å². The molecule has 9 nitrogen and oxygen atoms in total. The van der Waals surface area contributed by atoms with E-state index in [0.717, 1.165) is 90.6 Å². The molecular weight excluding hydrogens is 452 g/mol. The Morgan fingerprint density at radius 1 is 1.06 bits per heavy atom. The maximum Gasteiger partial charge on any atom is 0.183 e. The Labute approximate surface area is 208 Å². The highest BCUT2D eigenvalue weighted by atomic mass is 16.5. The van der Waals surface area contributed by atoms with Crippen LogP contribution in [0.2, 0.25) is 0 Å². The minimum Gasteiger partial charge on any atom is -0.485 e. The summed E-state index contributed by atoms with van der Waals surface area (Å²) < 4.78 is 6.57. The van der Waals surface area contributed by atoms with Crippen molar-refractivity contribution in [3.63, 3.8) is 0 Å². The summed E-state index contributed by atoms with van der Waals surface area (Å²) >= 11 is 0. The monoisotopic (exact) mass is 480 g/mol. The summed E-state index contributed by atoms with van der Waals surface area (Å²) in [4.78, 5) is 19.1. The standard InChI is InChI=1S/C27H28N8O/c28-24-18-5-1-2-8-21(18)36-27(24)13-16-9-10-17(14-27)35(16)22-15-30-23-25(31-22)32-33-26(23)34-12-4-6-19-20(34)7-3-11-29-19/h1-3,5,7-8,11,15-17,24H,4,6,9-10,12-14,28H2,(H,31,32,33)/t16-,17?,24+,27?/m0/s1. The van der Waals surface area contributed by atoms with Gasteiger partial charge >= 0.3 is 0 Å². The summed E-state index contributed by atoms with van der Waals surface area (Å²) in [7, 11) is 0. The zero-order chi connectivity index (χ0) is 23.9. The van der Waals surface area contributed by atoms with Crippen LogP contribution in [-0.4, -0.2) is 49.4 Å². The van der Waals surface area contributed by atoms with Crippen LogP contribution in [0.4, 0.5) is 17.3 Å². The predicted octanol–water partition coefficient (Wildman–Crippen LogP) is 3.79. The first-order valence-electron chi connectivity index (χ1n) is 12.9. The first kappa shape index (κ1) is 20.5. The van der Waals surface area contributed by atoms with E-state index in [9.17, 15) is 0 Å². The van der Waals surface area contributed by atoms with Gasteiger partial charge < -0.3 is 20.3 Å². The van der Waals surface area contributed by atoms with E-state index in [-0.39, 0.29) is 11.6 Å². The normalized spacial score (nSPS) is 28.4. The molecule has 0 radical (unpaired) electrons. The maximum absolute atomic E-state index is 6.78. The van der Waals surface area contributed by atoms with Gasteiger partial charge in [-0.15, -0.1) is 0 Å². The zero-order valence-corrected chi connectivity index (χ0v) is 20.0. The fourth-order valence-electron chi connectivity index (χ4n) is 7.06. The van der Waals surface area contributed by atoms with Gasteiger partial charge in [0.15, 0.2) is 17.0 Å². The number of aromatic nitrogens is 5. The van der Waals surface area contributed by atoms with Crippen LogP contribution in [0, 0.1) is 0 Å². The Morgan fingerprint density at radius 3 is 2.78 bits per heavy atom. The van der Waals surface area contributed by atoms with Crippen LogP contribution in [-0.2, 0) is 6.42 Å². The third-order valence-corrected chi connectivity index (χ3v) is 8.63. The number of anilines is 3. The molecule has 7 heterocycles. The van der Waals surface area contributed by atoms with Gasteiger partial charge in [0, 0.05) is 43.2 Å². The summed E-state index contributed by atoms with van der Waals surface area (Å²) in [5, 5.41) is 7.80. The van der Waals surface area contributed by atoms with Crippen molar-refractivity contribution in [3.8, 4) is 5.75 Å². The van der Waals surface area contributed by atoms with Gasteiger partial charge in [-0.25, -0.2) is 9.97 Å². The molecule has 182 valence electrons. The molecular formula is C27H28N8O. The number of rotatable bonds is 2. The molecule has 36 heavy (non-hydrogen) atoms. The van der Waals surface area contributed by atoms with E-state index in [2.05, 4.69) is 37.1 Å². The molecule has 0 saturated carbocycles. The van der Waals surface area contributed by atoms with Crippen molar-refractivity contribution in [1.82, 2.24) is 25.1 Å². The average molecular weight is 481 g/mol. The first-order chi connectivity index (χ1) is 17.7. The number of para-hydroxylation sites is 1. The average Bonchev–Trinajstić information content (AvgIpc) is 3.54. The second-order valence-electron chi connectivity index (χ2n) is 10.6. The number of nitrogens with one attached hydrogen (secondary N) is 1. The molecule has 1 aromatic carbocycles. The number of nitrogens with zero attached hydrogens (tertiary/aromatic N) is 6. The highest BCUT2D eigenvalue weighted by molar-refractivity contribution is 5.87. The number of H-pyrrole nitrogens is 1. The molecule has 8 rings (SSSR count). The first-order valence-corrected chi connectivity index (χ1v) is 12.9. The molecule has 3 aromatic heterocycles. The van der Waals surface area contributed by atoms with E-state index in [4.69, 9.17) is 20.4 Å². The number of hydrogen-bond donors (Lipinski definition) is 2. The van der Waals surface area contributed by atoms with Crippen molar-refractivity contribution in [1.29, 1.82) is 0 Å². The number of fused-ring (bicyclic) bond motifs is 5. The van der Waals surface area contributed by atoms with Crippen LogP contribution < -0.4 is 20.3 Å². The minimum atomic E-state index is -0.333. The van der Waals surface area contributed by atoms with Gasteiger partial charge in [-0.2, -0.15) is 5.10 Å². The number of nitrogens with two attached hydrogens (primary N) is 1. The summed E-state index contributed by atoms with van der Waals surface area (Å²) in [5.74, 6) is 2.67. The number of piperidine rings is 1. The quantitative estimate of drug-likeness (QED) is 0.446. The summed E-state index contributed by atoms with van der Waals surface area (Å²) in [6.07, 6.45) is 9.82. The number of benzene rings is 1. The van der Waals surface area contributed by atoms with Crippen LogP contribution >= 0.6 is 0 Å². The van der Waals surface area contributed by atoms with Gasteiger partial charge in [-0.1, -0.05) is 18.2 Å². The smallest absolute Gasteiger partial charge is 0.183 e. The molecule has 2 bridgehead atoms. The molecule has 4 atom stereocenters. The largest absolute Gasteiger partial charge is 0.485 e. The molecule has 2 saturated heterocycles. The highest BCUT2D eigenvalue weighted by Crippen LogP contribution is 2.53. The van der Waals surface area contributed by atoms with Crippen molar-refractivity contribution >= 4 is 28.5 Å². The topological polar surface area (TPSA) is 109 Å². The number of pyridine rings is 1. The molecule has 0 aliphatic carbocycles. The van der Waals surface area contributed by atoms with Gasteiger partial charge in [0.05, 0.1) is 23.6 Å². The van der Waals surface area contributed by atoms with Crippen LogP contribution in [0.3, 0.4) is 0 Å². The molecule has 0 amide bonds. The molecule has 4 aromatic rings. The van der Waals surface area contributed by atoms with Crippen LogP contribution in [0.5, 0.6) is 5.75 Å². The Bertz CT molecular complexity index is 1470. The Hall–Kier alpha value is -3.72. The van der Waals surface area contributed by atoms with E-state index in [1.54, 1.807) is 0 Å². The zero-order valence-electron chi connectivity index (χ0n) is 20.0. The van der Waals surface area contributed by atoms with E-state index in [0.29, 0.717) is 12.1 Å². The fraction of sp³-hybridized carbons (Fsp3) is 0.407. The van der Waals surface area contributed by atoms with Gasteiger partial charge in [0.25, 0.3) is 0 Å². The third kappa shape index (κ3) is 2.80. The molecule has 4 aliphatic heterocycles. The number of ether oxygens (including phenoxy) is 1. The van der Waals surface area contributed by atoms with Crippen molar-refractivity contribution in [2.24, 2.45) is 5.73 Å². The predicted molar refractivity (Wildman–Crippen MR) is 137 cm³/mol. The Morgan fingerprint density at radius 2 is 1.92 bits per heavy atom. The molecule has 2 unspecified atom stereocenters. The lowest BCUT2D eigenvalue weighted by Crippen LogP contribution is -2.56. The lowest BCUT2D eigenvalue weighted by molar-refractivity contribution is 0.0272. The Kier molecular flexibility index (Phi) is 4.20. The molecule has 9 heteroatoms. The molecule has 4 aliphatic rings. The molecule has 1 spiro atoms. The number of aromatic amines is 1. The lowest BCUT2D eigenvalue weighted by atomic mass is 9.79. The van der Waals surface area contributed by atoms with E-state index < -0.39 is 0 Å². The lowest BCUT2D eigenvalue weighted by Gasteiger charge is -2.46. The van der Waals surface area contributed by atoms with Gasteiger partial charge in [-0.05, 0) is 43.9 Å². The summed E-state index contributed by atoms with van der Waals surface area (Å²) in [6, 6.07) is 12.9. The molecule has 3 N–H and O–H groups in total. The van der Waals surface area contributed by atoms with Gasteiger partial charge in [0.1, 0.15) is 17.2 Å². The van der Waals surface area contributed by atoms with E-state index in [1.807, 2.05) is 36.7 Å². The number of aryl methyl sites for hydroxylation is 1. The fourth-order valence-corrected chi connectivity index (χ4v) is 7.06. The van der Waals surface area contributed by atoms with Crippen molar-refractivity contribution in [2.75, 3.05) is 16.3 Å². The minimum absolute atomic E-state index is 0.0930. The van der Waals surface area contributed by atoms with E-state index >= 15 is 0 Å². The van der Waals surface area contributed by atoms with Crippen molar-refractivity contribution in [2.45, 2.75) is 62.3 Å². The van der Waals surface area contributed by atoms with Crippen LogP contribution in [0.25, 0.3) is 11.2 Å². The highest BCUT2D eigenvalue weighted by Gasteiger charge is 2.56. The van der Waals surface area contributed by atoms with Crippen LogP contribution in [0.15, 0.2) is 48.8 Å². The third-order valence-electron chi connectivity index (χ3n) is 8.63. The Balaban J connectivity index is 1.10. The van der Waals surface area contributed by atoms with Crippen molar-refractivity contribution < 1.29 is 4.74 Å². The molecule has 2 fully saturated rings.